The molecule has 1 N–H and O–H groups in total. The van der Waals surface area contributed by atoms with Crippen molar-refractivity contribution in [2.75, 3.05) is 19.8 Å². The zero-order valence-corrected chi connectivity index (χ0v) is 18.2. The van der Waals surface area contributed by atoms with Gasteiger partial charge in [0, 0.05) is 30.3 Å². The van der Waals surface area contributed by atoms with Crippen molar-refractivity contribution < 1.29 is 27.1 Å². The summed E-state index contributed by atoms with van der Waals surface area (Å²) in [5.74, 6) is -0.827. The molecule has 0 aliphatic heterocycles. The van der Waals surface area contributed by atoms with Crippen molar-refractivity contribution in [3.63, 3.8) is 0 Å². The average Bonchev–Trinajstić information content (AvgIpc) is 3.12. The minimum Gasteiger partial charge on any atom is -0.351 e. The number of fused-ring (bicyclic) bond motifs is 1. The second-order valence-corrected chi connectivity index (χ2v) is 8.66. The van der Waals surface area contributed by atoms with Crippen LogP contribution < -0.4 is 5.32 Å². The molecule has 9 heteroatoms. The fourth-order valence-electron chi connectivity index (χ4n) is 3.24. The van der Waals surface area contributed by atoms with Gasteiger partial charge in [-0.2, -0.15) is 0 Å². The van der Waals surface area contributed by atoms with E-state index >= 15 is 0 Å². The van der Waals surface area contributed by atoms with E-state index in [0.29, 0.717) is 24.1 Å². The molecular formula is C22H25FN2O5S. The van der Waals surface area contributed by atoms with Crippen molar-refractivity contribution in [1.29, 1.82) is 0 Å². The number of sulfone groups is 1. The highest BCUT2D eigenvalue weighted by Crippen LogP contribution is 2.30. The molecule has 3 aromatic rings. The van der Waals surface area contributed by atoms with Crippen LogP contribution in [0.3, 0.4) is 0 Å². The minimum absolute atomic E-state index is 0.0162. The van der Waals surface area contributed by atoms with Gasteiger partial charge in [-0.1, -0.05) is 18.2 Å². The number of aromatic nitrogens is 1. The number of ether oxygens (including phenoxy) is 2. The number of nitrogens with one attached hydrogen (secondary N) is 1. The lowest BCUT2D eigenvalue weighted by Crippen LogP contribution is -2.37. The molecule has 166 valence electrons. The molecule has 3 rings (SSSR count). The molecule has 0 bridgehead atoms. The van der Waals surface area contributed by atoms with Gasteiger partial charge in [-0.05, 0) is 44.2 Å². The molecule has 31 heavy (non-hydrogen) atoms. The minimum atomic E-state index is -3.90. The molecule has 0 aliphatic rings. The fourth-order valence-corrected chi connectivity index (χ4v) is 4.72. The summed E-state index contributed by atoms with van der Waals surface area (Å²) in [5.41, 5.74) is 0.601. The SMILES string of the molecule is CCOC(CNC(=O)Cn1cc(S(=O)(=O)c2ccc(F)cc2)c2ccccc21)OCC. The van der Waals surface area contributed by atoms with E-state index in [1.807, 2.05) is 13.8 Å². The highest BCUT2D eigenvalue weighted by atomic mass is 32.2. The van der Waals surface area contributed by atoms with Crippen LogP contribution in [0.1, 0.15) is 13.8 Å². The molecule has 1 aromatic heterocycles. The van der Waals surface area contributed by atoms with E-state index in [-0.39, 0.29) is 28.8 Å². The molecule has 0 saturated carbocycles. The summed E-state index contributed by atoms with van der Waals surface area (Å²) in [7, 11) is -3.90. The van der Waals surface area contributed by atoms with Crippen LogP contribution in [0.15, 0.2) is 64.5 Å². The molecule has 0 unspecified atom stereocenters. The molecule has 0 atom stereocenters. The Morgan fingerprint density at radius 2 is 1.71 bits per heavy atom. The molecule has 1 amide bonds. The molecular weight excluding hydrogens is 423 g/mol. The Balaban J connectivity index is 1.86. The van der Waals surface area contributed by atoms with Gasteiger partial charge >= 0.3 is 0 Å². The maximum atomic E-state index is 13.2. The van der Waals surface area contributed by atoms with Crippen molar-refractivity contribution in [3.05, 3.63) is 60.5 Å². The Morgan fingerprint density at radius 3 is 2.35 bits per heavy atom. The second-order valence-electron chi connectivity index (χ2n) is 6.74. The van der Waals surface area contributed by atoms with Crippen LogP contribution in [0.2, 0.25) is 0 Å². The maximum absolute atomic E-state index is 13.2. The number of hydrogen-bond donors (Lipinski definition) is 1. The van der Waals surface area contributed by atoms with E-state index in [4.69, 9.17) is 9.47 Å². The van der Waals surface area contributed by atoms with E-state index in [0.717, 1.165) is 12.1 Å². The Labute approximate surface area is 180 Å². The molecule has 7 nitrogen and oxygen atoms in total. The van der Waals surface area contributed by atoms with Crippen LogP contribution in [0.25, 0.3) is 10.9 Å². The van der Waals surface area contributed by atoms with Crippen molar-refractivity contribution in [3.8, 4) is 0 Å². The Bertz CT molecular complexity index is 1140. The maximum Gasteiger partial charge on any atom is 0.240 e. The summed E-state index contributed by atoms with van der Waals surface area (Å²) in [4.78, 5) is 12.5. The molecule has 0 saturated heterocycles. The quantitative estimate of drug-likeness (QED) is 0.380. The molecule has 0 spiro atoms. The van der Waals surface area contributed by atoms with Crippen molar-refractivity contribution >= 4 is 26.6 Å². The first-order valence-electron chi connectivity index (χ1n) is 9.95. The molecule has 0 radical (unpaired) electrons. The zero-order chi connectivity index (χ0) is 22.4. The van der Waals surface area contributed by atoms with Crippen LogP contribution in [-0.2, 0) is 30.7 Å². The standard InChI is InChI=1S/C22H25FN2O5S/c1-3-29-22(30-4-2)13-24-21(26)15-25-14-20(18-7-5-6-8-19(18)25)31(27,28)17-11-9-16(23)10-12-17/h5-12,14,22H,3-4,13,15H2,1-2H3,(H,24,26). The van der Waals surface area contributed by atoms with Crippen molar-refractivity contribution in [2.45, 2.75) is 36.5 Å². The number of nitrogens with zero attached hydrogens (tertiary/aromatic N) is 1. The van der Waals surface area contributed by atoms with E-state index in [2.05, 4.69) is 5.32 Å². The Morgan fingerprint density at radius 1 is 1.06 bits per heavy atom. The first-order valence-corrected chi connectivity index (χ1v) is 11.4. The van der Waals surface area contributed by atoms with Gasteiger partial charge < -0.3 is 19.4 Å². The lowest BCUT2D eigenvalue weighted by Gasteiger charge is -2.17. The average molecular weight is 449 g/mol. The van der Waals surface area contributed by atoms with Gasteiger partial charge in [0.05, 0.1) is 16.3 Å². The van der Waals surface area contributed by atoms with Gasteiger partial charge in [0.2, 0.25) is 15.7 Å². The van der Waals surface area contributed by atoms with Crippen molar-refractivity contribution in [1.82, 2.24) is 9.88 Å². The van der Waals surface area contributed by atoms with Crippen LogP contribution in [0.4, 0.5) is 4.39 Å². The Kier molecular flexibility index (Phi) is 7.42. The summed E-state index contributed by atoms with van der Waals surface area (Å²) in [6.07, 6.45) is 0.890. The van der Waals surface area contributed by atoms with Gasteiger partial charge in [0.15, 0.2) is 6.29 Å². The second kappa shape index (κ2) is 10.0. The predicted octanol–water partition coefficient (Wildman–Crippen LogP) is 3.13. The highest BCUT2D eigenvalue weighted by Gasteiger charge is 2.24. The number of benzene rings is 2. The van der Waals surface area contributed by atoms with Crippen LogP contribution in [0, 0.1) is 5.82 Å². The summed E-state index contributed by atoms with van der Waals surface area (Å²) < 4.78 is 51.9. The predicted molar refractivity (Wildman–Crippen MR) is 114 cm³/mol. The molecule has 2 aromatic carbocycles. The number of carbonyl (C=O) groups is 1. The summed E-state index contributed by atoms with van der Waals surface area (Å²) in [6, 6.07) is 11.6. The van der Waals surface area contributed by atoms with Crippen LogP contribution in [0.5, 0.6) is 0 Å². The third-order valence-electron chi connectivity index (χ3n) is 4.65. The number of rotatable bonds is 10. The zero-order valence-electron chi connectivity index (χ0n) is 17.4. The third kappa shape index (κ3) is 5.30. The lowest BCUT2D eigenvalue weighted by molar-refractivity contribution is -0.140. The first-order chi connectivity index (χ1) is 14.9. The summed E-state index contributed by atoms with van der Waals surface area (Å²) in [6.45, 7) is 4.68. The van der Waals surface area contributed by atoms with E-state index in [9.17, 15) is 17.6 Å². The smallest absolute Gasteiger partial charge is 0.240 e. The molecule has 1 heterocycles. The highest BCUT2D eigenvalue weighted by molar-refractivity contribution is 7.91. The number of amides is 1. The van der Waals surface area contributed by atoms with Gasteiger partial charge in [-0.25, -0.2) is 12.8 Å². The van der Waals surface area contributed by atoms with E-state index in [1.54, 1.807) is 28.8 Å². The summed E-state index contributed by atoms with van der Waals surface area (Å²) in [5, 5.41) is 3.24. The lowest BCUT2D eigenvalue weighted by atomic mass is 10.2. The Hall–Kier alpha value is -2.75. The van der Waals surface area contributed by atoms with Crippen LogP contribution in [-0.4, -0.2) is 44.9 Å². The van der Waals surface area contributed by atoms with Gasteiger partial charge in [0.1, 0.15) is 12.4 Å². The normalized spacial score (nSPS) is 11.9. The number of halogens is 1. The first kappa shape index (κ1) is 22.9. The largest absolute Gasteiger partial charge is 0.351 e. The number of hydrogen-bond acceptors (Lipinski definition) is 5. The topological polar surface area (TPSA) is 86.6 Å². The fraction of sp³-hybridized carbons (Fsp3) is 0.318. The van der Waals surface area contributed by atoms with Crippen LogP contribution >= 0.6 is 0 Å². The molecule has 0 fully saturated rings. The van der Waals surface area contributed by atoms with E-state index < -0.39 is 21.9 Å². The summed E-state index contributed by atoms with van der Waals surface area (Å²) >= 11 is 0. The van der Waals surface area contributed by atoms with Gasteiger partial charge in [-0.3, -0.25) is 4.79 Å². The number of carbonyl (C=O) groups excluding carboxylic acids is 1. The third-order valence-corrected chi connectivity index (χ3v) is 6.45. The van der Waals surface area contributed by atoms with Crippen molar-refractivity contribution in [2.24, 2.45) is 0 Å². The van der Waals surface area contributed by atoms with E-state index in [1.165, 1.54) is 18.3 Å². The van der Waals surface area contributed by atoms with Gasteiger partial charge in [0.25, 0.3) is 0 Å². The number of para-hydroxylation sites is 1. The monoisotopic (exact) mass is 448 g/mol. The molecule has 0 aliphatic carbocycles. The van der Waals surface area contributed by atoms with Gasteiger partial charge in [-0.15, -0.1) is 0 Å².